The van der Waals surface area contributed by atoms with Crippen LogP contribution < -0.4 is 5.32 Å². The second-order valence-corrected chi connectivity index (χ2v) is 6.60. The lowest BCUT2D eigenvalue weighted by molar-refractivity contribution is -0.137. The van der Waals surface area contributed by atoms with E-state index in [9.17, 15) is 4.79 Å². The number of ether oxygens (including phenoxy) is 1. The fraction of sp³-hybridized carbons (Fsp3) is 0.167. The molecule has 0 aliphatic carbocycles. The number of para-hydroxylation sites is 2. The summed E-state index contributed by atoms with van der Waals surface area (Å²) < 4.78 is 5.02. The largest absolute Gasteiger partial charge is 0.465 e. The molecule has 6 heteroatoms. The molecule has 1 aliphatic heterocycles. The smallest absolute Gasteiger partial charge is 0.319 e. The third-order valence-corrected chi connectivity index (χ3v) is 4.86. The summed E-state index contributed by atoms with van der Waals surface area (Å²) in [5.41, 5.74) is 1.80. The molecule has 0 radical (unpaired) electrons. The zero-order valence-corrected chi connectivity index (χ0v) is 13.6. The van der Waals surface area contributed by atoms with Crippen molar-refractivity contribution >= 4 is 40.1 Å². The van der Waals surface area contributed by atoms with Gasteiger partial charge in [-0.2, -0.15) is 0 Å². The molecule has 0 saturated carbocycles. The van der Waals surface area contributed by atoms with E-state index in [1.54, 1.807) is 0 Å². The van der Waals surface area contributed by atoms with Gasteiger partial charge in [-0.1, -0.05) is 42.1 Å². The predicted molar refractivity (Wildman–Crippen MR) is 94.5 cm³/mol. The number of hydrogen-bond acceptors (Lipinski definition) is 6. The molecule has 120 valence electrons. The van der Waals surface area contributed by atoms with E-state index in [0.717, 1.165) is 22.4 Å². The number of rotatable bonds is 4. The molecule has 1 aromatic heterocycles. The van der Waals surface area contributed by atoms with Gasteiger partial charge in [0.05, 0.1) is 12.1 Å². The summed E-state index contributed by atoms with van der Waals surface area (Å²) in [6, 6.07) is 17.7. The monoisotopic (exact) mass is 337 g/mol. The first kappa shape index (κ1) is 15.0. The zero-order chi connectivity index (χ0) is 16.4. The number of carbonyl (C=O) groups is 1. The lowest BCUT2D eigenvalue weighted by Crippen LogP contribution is -2.10. The van der Waals surface area contributed by atoms with Crippen molar-refractivity contribution in [2.45, 2.75) is 16.8 Å². The third-order valence-electron chi connectivity index (χ3n) is 3.75. The van der Waals surface area contributed by atoms with Crippen LogP contribution in [0.5, 0.6) is 0 Å². The highest BCUT2D eigenvalue weighted by molar-refractivity contribution is 8.00. The molecule has 2 heterocycles. The number of fused-ring (bicyclic) bond motifs is 1. The topological polar surface area (TPSA) is 64.1 Å². The van der Waals surface area contributed by atoms with Crippen LogP contribution in [0, 0.1) is 0 Å². The Balaban J connectivity index is 1.72. The van der Waals surface area contributed by atoms with Crippen molar-refractivity contribution < 1.29 is 9.53 Å². The van der Waals surface area contributed by atoms with E-state index in [1.165, 1.54) is 11.8 Å². The van der Waals surface area contributed by atoms with Gasteiger partial charge in [0.25, 0.3) is 0 Å². The summed E-state index contributed by atoms with van der Waals surface area (Å²) in [5.74, 6) is 0.551. The van der Waals surface area contributed by atoms with Gasteiger partial charge in [0.2, 0.25) is 0 Å². The summed E-state index contributed by atoms with van der Waals surface area (Å²) in [6.07, 6.45) is 0.696. The van der Waals surface area contributed by atoms with Crippen molar-refractivity contribution in [2.24, 2.45) is 0 Å². The maximum atomic E-state index is 11.7. The molecule has 5 nitrogen and oxygen atoms in total. The van der Waals surface area contributed by atoms with Gasteiger partial charge in [0, 0.05) is 17.5 Å². The normalized spacial score (nSPS) is 17.0. The Morgan fingerprint density at radius 3 is 2.62 bits per heavy atom. The molecular formula is C18H15N3O2S. The van der Waals surface area contributed by atoms with Gasteiger partial charge in [0.15, 0.2) is 5.16 Å². The average molecular weight is 337 g/mol. The van der Waals surface area contributed by atoms with E-state index in [2.05, 4.69) is 15.3 Å². The fourth-order valence-corrected chi connectivity index (χ4v) is 3.50. The third kappa shape index (κ3) is 3.05. The minimum Gasteiger partial charge on any atom is -0.465 e. The van der Waals surface area contributed by atoms with Crippen LogP contribution in [0.2, 0.25) is 0 Å². The summed E-state index contributed by atoms with van der Waals surface area (Å²) in [4.78, 5) is 20.9. The first-order valence-electron chi connectivity index (χ1n) is 7.72. The average Bonchev–Trinajstić information content (AvgIpc) is 3.01. The van der Waals surface area contributed by atoms with Gasteiger partial charge in [0.1, 0.15) is 11.1 Å². The number of carbonyl (C=O) groups excluding carboxylic acids is 1. The highest BCUT2D eigenvalue weighted by atomic mass is 32.2. The Morgan fingerprint density at radius 2 is 1.83 bits per heavy atom. The Labute approximate surface area is 143 Å². The second-order valence-electron chi connectivity index (χ2n) is 5.43. The van der Waals surface area contributed by atoms with Gasteiger partial charge >= 0.3 is 5.97 Å². The van der Waals surface area contributed by atoms with Gasteiger partial charge in [-0.25, -0.2) is 9.97 Å². The molecule has 1 aliphatic rings. The standard InChI is InChI=1S/C18H15N3O2S/c22-17-15(10-11-23-17)24-18-20-14-9-5-4-8-13(14)16(21-18)19-12-6-2-1-3-7-12/h1-9,15H,10-11H2,(H,19,20,21)/t15-/m0/s1. The molecule has 2 aromatic carbocycles. The highest BCUT2D eigenvalue weighted by Crippen LogP contribution is 2.31. The van der Waals surface area contributed by atoms with E-state index in [0.29, 0.717) is 18.2 Å². The fourth-order valence-electron chi connectivity index (χ4n) is 2.57. The summed E-state index contributed by atoms with van der Waals surface area (Å²) in [6.45, 7) is 0.471. The predicted octanol–water partition coefficient (Wildman–Crippen LogP) is 3.78. The van der Waals surface area contributed by atoms with Crippen molar-refractivity contribution in [2.75, 3.05) is 11.9 Å². The van der Waals surface area contributed by atoms with Crippen LogP contribution in [0.3, 0.4) is 0 Å². The molecule has 3 aromatic rings. The Morgan fingerprint density at radius 1 is 1.04 bits per heavy atom. The first-order chi connectivity index (χ1) is 11.8. The Hall–Kier alpha value is -2.60. The molecule has 4 rings (SSSR count). The number of esters is 1. The molecule has 1 fully saturated rings. The van der Waals surface area contributed by atoms with Crippen LogP contribution >= 0.6 is 11.8 Å². The minimum atomic E-state index is -0.226. The quantitative estimate of drug-likeness (QED) is 0.577. The zero-order valence-electron chi connectivity index (χ0n) is 12.8. The molecule has 1 saturated heterocycles. The second kappa shape index (κ2) is 6.49. The van der Waals surface area contributed by atoms with Crippen LogP contribution in [0.4, 0.5) is 11.5 Å². The maximum absolute atomic E-state index is 11.7. The van der Waals surface area contributed by atoms with Crippen LogP contribution in [0.1, 0.15) is 6.42 Å². The lowest BCUT2D eigenvalue weighted by atomic mass is 10.2. The van der Waals surface area contributed by atoms with E-state index in [-0.39, 0.29) is 11.2 Å². The first-order valence-corrected chi connectivity index (χ1v) is 8.60. The van der Waals surface area contributed by atoms with Crippen molar-refractivity contribution in [3.8, 4) is 0 Å². The van der Waals surface area contributed by atoms with Crippen LogP contribution in [-0.2, 0) is 9.53 Å². The van der Waals surface area contributed by atoms with E-state index < -0.39 is 0 Å². The number of hydrogen-bond donors (Lipinski definition) is 1. The van der Waals surface area contributed by atoms with Gasteiger partial charge in [-0.05, 0) is 24.3 Å². The SMILES string of the molecule is O=C1OCC[C@@H]1Sc1nc(Nc2ccccc2)c2ccccc2n1. The number of nitrogens with one attached hydrogen (secondary N) is 1. The number of benzene rings is 2. The number of thioether (sulfide) groups is 1. The minimum absolute atomic E-state index is 0.186. The van der Waals surface area contributed by atoms with Crippen LogP contribution in [0.25, 0.3) is 10.9 Å². The lowest BCUT2D eigenvalue weighted by Gasteiger charge is -2.11. The summed E-state index contributed by atoms with van der Waals surface area (Å²) in [7, 11) is 0. The molecule has 0 amide bonds. The maximum Gasteiger partial charge on any atom is 0.319 e. The van der Waals surface area contributed by atoms with Gasteiger partial charge in [-0.15, -0.1) is 0 Å². The van der Waals surface area contributed by atoms with Gasteiger partial charge < -0.3 is 10.1 Å². The van der Waals surface area contributed by atoms with Crippen molar-refractivity contribution in [3.05, 3.63) is 54.6 Å². The number of nitrogens with zero attached hydrogens (tertiary/aromatic N) is 2. The summed E-state index contributed by atoms with van der Waals surface area (Å²) in [5, 5.41) is 4.64. The van der Waals surface area contributed by atoms with E-state index in [4.69, 9.17) is 4.74 Å². The van der Waals surface area contributed by atoms with E-state index in [1.807, 2.05) is 54.6 Å². The van der Waals surface area contributed by atoms with Crippen molar-refractivity contribution in [3.63, 3.8) is 0 Å². The van der Waals surface area contributed by atoms with Crippen molar-refractivity contribution in [1.82, 2.24) is 9.97 Å². The van der Waals surface area contributed by atoms with Crippen molar-refractivity contribution in [1.29, 1.82) is 0 Å². The highest BCUT2D eigenvalue weighted by Gasteiger charge is 2.28. The van der Waals surface area contributed by atoms with Crippen LogP contribution in [-0.4, -0.2) is 27.8 Å². The summed E-state index contributed by atoms with van der Waals surface area (Å²) >= 11 is 1.36. The molecule has 24 heavy (non-hydrogen) atoms. The molecular weight excluding hydrogens is 322 g/mol. The molecule has 0 spiro atoms. The van der Waals surface area contributed by atoms with Gasteiger partial charge in [-0.3, -0.25) is 4.79 Å². The Kier molecular flexibility index (Phi) is 4.04. The number of anilines is 2. The Bertz CT molecular complexity index is 886. The van der Waals surface area contributed by atoms with E-state index >= 15 is 0 Å². The van der Waals surface area contributed by atoms with Crippen LogP contribution in [0.15, 0.2) is 59.8 Å². The molecule has 1 N–H and O–H groups in total. The molecule has 0 unspecified atom stereocenters. The molecule has 1 atom stereocenters. The number of aromatic nitrogens is 2. The number of cyclic esters (lactones) is 1. The molecule has 0 bridgehead atoms.